The number of carbonyl (C=O) groups is 2. The Balaban J connectivity index is 1.55. The second kappa shape index (κ2) is 9.96. The topological polar surface area (TPSA) is 49.4 Å². The Hall–Kier alpha value is -1.57. The number of halogens is 3. The van der Waals surface area contributed by atoms with E-state index in [4.69, 9.17) is 47.0 Å². The zero-order valence-electron chi connectivity index (χ0n) is 15.0. The van der Waals surface area contributed by atoms with Crippen LogP contribution >= 0.6 is 58.8 Å². The first-order chi connectivity index (χ1) is 13.8. The van der Waals surface area contributed by atoms with Crippen molar-refractivity contribution < 1.29 is 9.59 Å². The van der Waals surface area contributed by atoms with E-state index >= 15 is 0 Å². The standard InChI is InChI=1S/C20H15Cl3N2O2S2/c21-13-7-8-16(15(23)11-13)24-18(26)6-3-9-25-19(27)17(29-20(25)28)10-12-4-1-2-5-14(12)22/h1-2,4-5,7-8,10-11H,3,6,9H2,(H,24,26). The SMILES string of the molecule is O=C(CCCN1C(=O)C(=Cc2ccccc2Cl)SC1=S)Nc1ccc(Cl)cc1Cl. The van der Waals surface area contributed by atoms with Crippen LogP contribution in [0, 0.1) is 0 Å². The van der Waals surface area contributed by atoms with E-state index in [-0.39, 0.29) is 18.2 Å². The summed E-state index contributed by atoms with van der Waals surface area (Å²) in [7, 11) is 0. The number of thiocarbonyl (C=S) groups is 1. The van der Waals surface area contributed by atoms with Gasteiger partial charge in [-0.3, -0.25) is 14.5 Å². The highest BCUT2D eigenvalue weighted by molar-refractivity contribution is 8.26. The van der Waals surface area contributed by atoms with Crippen molar-refractivity contribution >= 4 is 86.7 Å². The Bertz CT molecular complexity index is 1010. The van der Waals surface area contributed by atoms with Crippen LogP contribution in [0.3, 0.4) is 0 Å². The van der Waals surface area contributed by atoms with Crippen LogP contribution in [-0.4, -0.2) is 27.6 Å². The molecule has 29 heavy (non-hydrogen) atoms. The van der Waals surface area contributed by atoms with Crippen LogP contribution in [-0.2, 0) is 9.59 Å². The molecular formula is C20H15Cl3N2O2S2. The van der Waals surface area contributed by atoms with Gasteiger partial charge in [0.25, 0.3) is 5.91 Å². The van der Waals surface area contributed by atoms with Crippen molar-refractivity contribution in [2.75, 3.05) is 11.9 Å². The van der Waals surface area contributed by atoms with Gasteiger partial charge in [-0.05, 0) is 42.3 Å². The number of rotatable bonds is 6. The van der Waals surface area contributed by atoms with Gasteiger partial charge in [0.2, 0.25) is 5.91 Å². The summed E-state index contributed by atoms with van der Waals surface area (Å²) in [5, 5.41) is 4.16. The Morgan fingerprint density at radius 3 is 2.62 bits per heavy atom. The Labute approximate surface area is 193 Å². The number of nitrogens with one attached hydrogen (secondary N) is 1. The van der Waals surface area contributed by atoms with Crippen LogP contribution in [0.15, 0.2) is 47.4 Å². The summed E-state index contributed by atoms with van der Waals surface area (Å²) >= 11 is 24.6. The minimum absolute atomic E-state index is 0.180. The molecular weight excluding hydrogens is 471 g/mol. The van der Waals surface area contributed by atoms with E-state index in [2.05, 4.69) is 5.32 Å². The highest BCUT2D eigenvalue weighted by atomic mass is 35.5. The maximum absolute atomic E-state index is 12.7. The third-order valence-corrected chi connectivity index (χ3v) is 6.33. The van der Waals surface area contributed by atoms with Gasteiger partial charge in [-0.1, -0.05) is 77.0 Å². The second-order valence-electron chi connectivity index (χ2n) is 6.13. The van der Waals surface area contributed by atoms with E-state index in [1.807, 2.05) is 18.2 Å². The normalized spacial score (nSPS) is 15.3. The smallest absolute Gasteiger partial charge is 0.266 e. The molecule has 2 aromatic carbocycles. The molecule has 2 aromatic rings. The third kappa shape index (κ3) is 5.74. The first-order valence-electron chi connectivity index (χ1n) is 8.60. The highest BCUT2D eigenvalue weighted by Gasteiger charge is 2.31. The average molecular weight is 486 g/mol. The fraction of sp³-hybridized carbons (Fsp3) is 0.150. The van der Waals surface area contributed by atoms with Gasteiger partial charge >= 0.3 is 0 Å². The molecule has 0 radical (unpaired) electrons. The largest absolute Gasteiger partial charge is 0.325 e. The zero-order valence-corrected chi connectivity index (χ0v) is 18.9. The van der Waals surface area contributed by atoms with Gasteiger partial charge in [0.15, 0.2) is 0 Å². The lowest BCUT2D eigenvalue weighted by molar-refractivity contribution is -0.122. The fourth-order valence-electron chi connectivity index (χ4n) is 2.63. The van der Waals surface area contributed by atoms with Crippen molar-refractivity contribution in [3.63, 3.8) is 0 Å². The minimum atomic E-state index is -0.203. The minimum Gasteiger partial charge on any atom is -0.325 e. The Kier molecular flexibility index (Phi) is 7.60. The van der Waals surface area contributed by atoms with Crippen molar-refractivity contribution in [3.8, 4) is 0 Å². The van der Waals surface area contributed by atoms with Crippen molar-refractivity contribution in [2.24, 2.45) is 0 Å². The molecule has 1 fully saturated rings. The number of nitrogens with zero attached hydrogens (tertiary/aromatic N) is 1. The molecule has 1 N–H and O–H groups in total. The molecule has 0 atom stereocenters. The van der Waals surface area contributed by atoms with Gasteiger partial charge in [0, 0.05) is 23.0 Å². The maximum Gasteiger partial charge on any atom is 0.266 e. The number of hydrogen-bond donors (Lipinski definition) is 1. The first kappa shape index (κ1) is 22.1. The molecule has 2 amide bonds. The molecule has 1 heterocycles. The van der Waals surface area contributed by atoms with E-state index in [1.165, 1.54) is 16.7 Å². The molecule has 1 aliphatic rings. The van der Waals surface area contributed by atoms with E-state index in [9.17, 15) is 9.59 Å². The lowest BCUT2D eigenvalue weighted by Crippen LogP contribution is -2.29. The van der Waals surface area contributed by atoms with Crippen molar-refractivity contribution in [3.05, 3.63) is 68.0 Å². The van der Waals surface area contributed by atoms with E-state index in [0.29, 0.717) is 42.9 Å². The van der Waals surface area contributed by atoms with Crippen molar-refractivity contribution in [1.29, 1.82) is 0 Å². The van der Waals surface area contributed by atoms with Gasteiger partial charge in [-0.2, -0.15) is 0 Å². The van der Waals surface area contributed by atoms with Crippen molar-refractivity contribution in [1.82, 2.24) is 4.90 Å². The molecule has 0 unspecified atom stereocenters. The lowest BCUT2D eigenvalue weighted by Gasteiger charge is -2.14. The maximum atomic E-state index is 12.7. The van der Waals surface area contributed by atoms with Crippen LogP contribution in [0.1, 0.15) is 18.4 Å². The van der Waals surface area contributed by atoms with Gasteiger partial charge < -0.3 is 5.32 Å². The number of anilines is 1. The second-order valence-corrected chi connectivity index (χ2v) is 9.06. The summed E-state index contributed by atoms with van der Waals surface area (Å²) in [6.45, 7) is 0.353. The Morgan fingerprint density at radius 2 is 1.90 bits per heavy atom. The highest BCUT2D eigenvalue weighted by Crippen LogP contribution is 2.34. The molecule has 1 saturated heterocycles. The number of benzene rings is 2. The summed E-state index contributed by atoms with van der Waals surface area (Å²) in [6.07, 6.45) is 2.42. The fourth-order valence-corrected chi connectivity index (χ4v) is 4.57. The van der Waals surface area contributed by atoms with Gasteiger partial charge in [-0.15, -0.1) is 0 Å². The summed E-state index contributed by atoms with van der Waals surface area (Å²) in [6, 6.07) is 12.1. The van der Waals surface area contributed by atoms with Crippen LogP contribution in [0.4, 0.5) is 5.69 Å². The Morgan fingerprint density at radius 1 is 1.14 bits per heavy atom. The van der Waals surface area contributed by atoms with E-state index in [0.717, 1.165) is 5.56 Å². The zero-order chi connectivity index (χ0) is 21.0. The molecule has 0 aromatic heterocycles. The molecule has 4 nitrogen and oxygen atoms in total. The van der Waals surface area contributed by atoms with Crippen LogP contribution in [0.5, 0.6) is 0 Å². The molecule has 150 valence electrons. The van der Waals surface area contributed by atoms with Crippen LogP contribution in [0.25, 0.3) is 6.08 Å². The first-order valence-corrected chi connectivity index (χ1v) is 11.0. The molecule has 0 spiro atoms. The van der Waals surface area contributed by atoms with E-state index in [1.54, 1.807) is 30.3 Å². The number of carbonyl (C=O) groups excluding carboxylic acids is 2. The molecule has 1 aliphatic heterocycles. The quantitative estimate of drug-likeness (QED) is 0.387. The van der Waals surface area contributed by atoms with Gasteiger partial charge in [-0.25, -0.2) is 0 Å². The molecule has 0 aliphatic carbocycles. The molecule has 9 heteroatoms. The van der Waals surface area contributed by atoms with Crippen molar-refractivity contribution in [2.45, 2.75) is 12.8 Å². The van der Waals surface area contributed by atoms with Crippen LogP contribution in [0.2, 0.25) is 15.1 Å². The summed E-state index contributed by atoms with van der Waals surface area (Å²) in [5.41, 5.74) is 1.25. The van der Waals surface area contributed by atoms with Crippen LogP contribution < -0.4 is 5.32 Å². The van der Waals surface area contributed by atoms with Gasteiger partial charge in [0.1, 0.15) is 4.32 Å². The number of hydrogen-bond acceptors (Lipinski definition) is 4. The summed E-state index contributed by atoms with van der Waals surface area (Å²) in [5.74, 6) is -0.382. The molecule has 3 rings (SSSR count). The summed E-state index contributed by atoms with van der Waals surface area (Å²) in [4.78, 5) is 26.8. The molecule has 0 saturated carbocycles. The lowest BCUT2D eigenvalue weighted by atomic mass is 10.2. The predicted molar refractivity (Wildman–Crippen MR) is 126 cm³/mol. The van der Waals surface area contributed by atoms with E-state index < -0.39 is 0 Å². The monoisotopic (exact) mass is 484 g/mol. The summed E-state index contributed by atoms with van der Waals surface area (Å²) < 4.78 is 0.467. The molecule has 0 bridgehead atoms. The third-order valence-electron chi connectivity index (χ3n) is 4.06. The van der Waals surface area contributed by atoms with Gasteiger partial charge in [0.05, 0.1) is 15.6 Å². The number of amides is 2. The predicted octanol–water partition coefficient (Wildman–Crippen LogP) is 6.27. The number of thioether (sulfide) groups is 1. The average Bonchev–Trinajstić information content (AvgIpc) is 2.93.